The quantitative estimate of drug-likeness (QED) is 0.453. The van der Waals surface area contributed by atoms with Crippen molar-refractivity contribution in [3.05, 3.63) is 81.2 Å². The van der Waals surface area contributed by atoms with E-state index in [-0.39, 0.29) is 23.9 Å². The second-order valence-electron chi connectivity index (χ2n) is 8.12. The normalized spacial score (nSPS) is 11.3. The molecule has 0 spiro atoms. The third kappa shape index (κ3) is 4.16. The van der Waals surface area contributed by atoms with Crippen molar-refractivity contribution in [2.24, 2.45) is 0 Å². The Bertz CT molecular complexity index is 1330. The molecule has 2 aromatic carbocycles. The lowest BCUT2D eigenvalue weighted by Gasteiger charge is -2.14. The number of aryl methyl sites for hydroxylation is 2. The van der Waals surface area contributed by atoms with E-state index in [2.05, 4.69) is 30.2 Å². The highest BCUT2D eigenvalue weighted by atomic mass is 32.1. The molecule has 0 radical (unpaired) electrons. The summed E-state index contributed by atoms with van der Waals surface area (Å²) in [5.41, 5.74) is 5.81. The van der Waals surface area contributed by atoms with Gasteiger partial charge in [0.2, 0.25) is 5.91 Å². The van der Waals surface area contributed by atoms with Gasteiger partial charge in [-0.2, -0.15) is 0 Å². The van der Waals surface area contributed by atoms with E-state index < -0.39 is 0 Å². The Morgan fingerprint density at radius 1 is 1.13 bits per heavy atom. The van der Waals surface area contributed by atoms with Gasteiger partial charge in [0.05, 0.1) is 11.7 Å². The van der Waals surface area contributed by atoms with Crippen molar-refractivity contribution in [3.63, 3.8) is 0 Å². The van der Waals surface area contributed by atoms with Gasteiger partial charge in [0, 0.05) is 16.6 Å². The second-order valence-corrected chi connectivity index (χ2v) is 8.97. The molecule has 5 nitrogen and oxygen atoms in total. The van der Waals surface area contributed by atoms with Crippen molar-refractivity contribution in [1.82, 2.24) is 9.55 Å². The van der Waals surface area contributed by atoms with Crippen LogP contribution < -0.4 is 10.9 Å². The van der Waals surface area contributed by atoms with Gasteiger partial charge in [-0.15, -0.1) is 11.3 Å². The van der Waals surface area contributed by atoms with Crippen molar-refractivity contribution in [3.8, 4) is 11.1 Å². The summed E-state index contributed by atoms with van der Waals surface area (Å²) in [6.07, 6.45) is 1.46. The minimum absolute atomic E-state index is 0.0869. The number of benzene rings is 2. The molecule has 2 aromatic heterocycles. The van der Waals surface area contributed by atoms with Crippen LogP contribution in [0.1, 0.15) is 36.5 Å². The SMILES string of the molecule is Cc1ccc(-c2csc3ncn(CC(=O)Nc4ccccc4C(C)C)c(=O)c23)c(C)c1. The van der Waals surface area contributed by atoms with Crippen LogP contribution in [0.4, 0.5) is 5.69 Å². The monoisotopic (exact) mass is 431 g/mol. The number of nitrogens with zero attached hydrogens (tertiary/aromatic N) is 2. The minimum atomic E-state index is -0.250. The van der Waals surface area contributed by atoms with E-state index in [0.29, 0.717) is 10.2 Å². The van der Waals surface area contributed by atoms with Gasteiger partial charge < -0.3 is 5.32 Å². The van der Waals surface area contributed by atoms with Crippen LogP contribution in [-0.4, -0.2) is 15.5 Å². The van der Waals surface area contributed by atoms with Gasteiger partial charge in [-0.3, -0.25) is 14.2 Å². The molecule has 4 rings (SSSR count). The molecule has 0 saturated carbocycles. The number of nitrogens with one attached hydrogen (secondary N) is 1. The summed E-state index contributed by atoms with van der Waals surface area (Å²) in [4.78, 5) is 31.1. The highest BCUT2D eigenvalue weighted by Crippen LogP contribution is 2.33. The van der Waals surface area contributed by atoms with Gasteiger partial charge in [-0.05, 0) is 42.5 Å². The van der Waals surface area contributed by atoms with Crippen LogP contribution in [0.2, 0.25) is 0 Å². The number of thiophene rings is 1. The Morgan fingerprint density at radius 3 is 2.65 bits per heavy atom. The fourth-order valence-corrected chi connectivity index (χ4v) is 4.75. The van der Waals surface area contributed by atoms with E-state index in [1.807, 2.05) is 55.6 Å². The molecule has 0 unspecified atom stereocenters. The smallest absolute Gasteiger partial charge is 0.263 e. The summed E-state index contributed by atoms with van der Waals surface area (Å²) in [6.45, 7) is 8.17. The van der Waals surface area contributed by atoms with E-state index in [4.69, 9.17) is 0 Å². The number of hydrogen-bond acceptors (Lipinski definition) is 4. The summed E-state index contributed by atoms with van der Waals surface area (Å²) in [7, 11) is 0. The number of para-hydroxylation sites is 1. The average molecular weight is 432 g/mol. The van der Waals surface area contributed by atoms with Crippen LogP contribution >= 0.6 is 11.3 Å². The Hall–Kier alpha value is -3.25. The third-order valence-corrected chi connectivity index (χ3v) is 6.29. The molecule has 6 heteroatoms. The maximum atomic E-state index is 13.3. The van der Waals surface area contributed by atoms with Crippen molar-refractivity contribution in [2.75, 3.05) is 5.32 Å². The fourth-order valence-electron chi connectivity index (χ4n) is 3.85. The first-order chi connectivity index (χ1) is 14.8. The van der Waals surface area contributed by atoms with Crippen LogP contribution in [0.3, 0.4) is 0 Å². The van der Waals surface area contributed by atoms with Crippen LogP contribution in [0.5, 0.6) is 0 Å². The second kappa shape index (κ2) is 8.47. The number of rotatable bonds is 5. The van der Waals surface area contributed by atoms with E-state index in [9.17, 15) is 9.59 Å². The Balaban J connectivity index is 1.67. The molecule has 4 aromatic rings. The van der Waals surface area contributed by atoms with Crippen LogP contribution in [-0.2, 0) is 11.3 Å². The molecule has 0 fully saturated rings. The molecule has 158 valence electrons. The fraction of sp³-hybridized carbons (Fsp3) is 0.240. The Labute approximate surface area is 185 Å². The van der Waals surface area contributed by atoms with Gasteiger partial charge in [0.1, 0.15) is 11.4 Å². The van der Waals surface area contributed by atoms with E-state index in [1.54, 1.807) is 0 Å². The summed E-state index contributed by atoms with van der Waals surface area (Å²) in [5.74, 6) is 0.0306. The molecule has 0 bridgehead atoms. The zero-order chi connectivity index (χ0) is 22.1. The molecule has 0 aliphatic heterocycles. The number of hydrogen-bond donors (Lipinski definition) is 1. The van der Waals surface area contributed by atoms with Crippen LogP contribution in [0.15, 0.2) is 59.0 Å². The number of carbonyl (C=O) groups is 1. The van der Waals surface area contributed by atoms with Crippen molar-refractivity contribution >= 4 is 33.1 Å². The van der Waals surface area contributed by atoms with Crippen molar-refractivity contribution in [2.45, 2.75) is 40.2 Å². The third-order valence-electron chi connectivity index (χ3n) is 5.40. The lowest BCUT2D eigenvalue weighted by atomic mass is 9.99. The zero-order valence-corrected chi connectivity index (χ0v) is 18.9. The molecule has 0 aliphatic carbocycles. The number of anilines is 1. The lowest BCUT2D eigenvalue weighted by Crippen LogP contribution is -2.28. The van der Waals surface area contributed by atoms with Gasteiger partial charge in [0.25, 0.3) is 5.56 Å². The lowest BCUT2D eigenvalue weighted by molar-refractivity contribution is -0.116. The van der Waals surface area contributed by atoms with Gasteiger partial charge >= 0.3 is 0 Å². The maximum absolute atomic E-state index is 13.3. The minimum Gasteiger partial charge on any atom is -0.324 e. The van der Waals surface area contributed by atoms with Crippen LogP contribution in [0, 0.1) is 13.8 Å². The van der Waals surface area contributed by atoms with Gasteiger partial charge in [-0.1, -0.05) is 55.8 Å². The van der Waals surface area contributed by atoms with Crippen LogP contribution in [0.25, 0.3) is 21.3 Å². The molecule has 0 aliphatic rings. The summed E-state index contributed by atoms with van der Waals surface area (Å²) in [6, 6.07) is 13.9. The predicted molar refractivity (Wildman–Crippen MR) is 128 cm³/mol. The molecular formula is C25H25N3O2S. The molecule has 0 saturated heterocycles. The molecule has 1 N–H and O–H groups in total. The molecule has 0 atom stereocenters. The van der Waals surface area contributed by atoms with E-state index >= 15 is 0 Å². The summed E-state index contributed by atoms with van der Waals surface area (Å²) >= 11 is 1.45. The van der Waals surface area contributed by atoms with E-state index in [0.717, 1.165) is 27.9 Å². The summed E-state index contributed by atoms with van der Waals surface area (Å²) < 4.78 is 1.38. The standard InChI is InChI=1S/C25H25N3O2S/c1-15(2)18-7-5-6-8-21(18)27-22(29)12-28-14-26-24-23(25(28)30)20(13-31-24)19-10-9-16(3)11-17(19)4/h5-11,13-15H,12H2,1-4H3,(H,27,29). The van der Waals surface area contributed by atoms with Gasteiger partial charge in [-0.25, -0.2) is 4.98 Å². The number of amides is 1. The summed E-state index contributed by atoms with van der Waals surface area (Å²) in [5, 5.41) is 5.48. The number of carbonyl (C=O) groups excluding carboxylic acids is 1. The Kier molecular flexibility index (Phi) is 5.74. The zero-order valence-electron chi connectivity index (χ0n) is 18.1. The average Bonchev–Trinajstić information content (AvgIpc) is 3.15. The molecule has 1 amide bonds. The molecule has 2 heterocycles. The topological polar surface area (TPSA) is 64.0 Å². The maximum Gasteiger partial charge on any atom is 0.263 e. The van der Waals surface area contributed by atoms with Crippen molar-refractivity contribution < 1.29 is 4.79 Å². The van der Waals surface area contributed by atoms with Crippen molar-refractivity contribution in [1.29, 1.82) is 0 Å². The molecular weight excluding hydrogens is 406 g/mol. The van der Waals surface area contributed by atoms with E-state index in [1.165, 1.54) is 27.8 Å². The first-order valence-corrected chi connectivity index (χ1v) is 11.2. The highest BCUT2D eigenvalue weighted by Gasteiger charge is 2.16. The first kappa shape index (κ1) is 21.0. The van der Waals surface area contributed by atoms with Gasteiger partial charge in [0.15, 0.2) is 0 Å². The highest BCUT2D eigenvalue weighted by molar-refractivity contribution is 7.17. The Morgan fingerprint density at radius 2 is 1.90 bits per heavy atom. The number of fused-ring (bicyclic) bond motifs is 1. The molecule has 31 heavy (non-hydrogen) atoms. The number of aromatic nitrogens is 2. The predicted octanol–water partition coefficient (Wildman–Crippen LogP) is 5.50. The largest absolute Gasteiger partial charge is 0.324 e. The first-order valence-electron chi connectivity index (χ1n) is 10.3.